The number of benzene rings is 4. The Hall–Kier alpha value is -4.92. The van der Waals surface area contributed by atoms with Gasteiger partial charge < -0.3 is 56.8 Å². The Morgan fingerprint density at radius 2 is 0.343 bits per heavy atom. The second-order valence-electron chi connectivity index (χ2n) is 28.7. The predicted molar refractivity (Wildman–Crippen MR) is 449 cm³/mol. The second kappa shape index (κ2) is 57.2. The average Bonchev–Trinajstić information content (AvgIpc) is 0.748. The van der Waals surface area contributed by atoms with Gasteiger partial charge in [0, 0.05) is 114 Å². The first-order chi connectivity index (χ1) is 52.8. The molecule has 0 amide bonds. The first-order valence-electron chi connectivity index (χ1n) is 40.7. The van der Waals surface area contributed by atoms with Crippen molar-refractivity contribution >= 4 is 87.6 Å². The number of carbonyl (C=O) groups excluding carboxylic acids is 4. The van der Waals surface area contributed by atoms with Crippen LogP contribution in [-0.2, 0) is 38.1 Å². The molecule has 0 aliphatic heterocycles. The minimum atomic E-state index is -0.881. The quantitative estimate of drug-likeness (QED) is 0.0176. The number of methoxy groups -OCH3 is 8. The molecule has 16 nitrogen and oxygen atoms in total. The monoisotopic (exact) mass is 1760 g/mol. The second-order valence-corrected chi connectivity index (χ2v) is 31.9. The summed E-state index contributed by atoms with van der Waals surface area (Å²) in [5.41, 5.74) is 4.40. The average molecular weight is 1770 g/mol. The molecule has 5 rings (SSSR count). The molecule has 608 valence electrons. The highest BCUT2D eigenvalue weighted by Crippen LogP contribution is 2.53. The Labute approximate surface area is 682 Å². The number of halogens is 4. The first kappa shape index (κ1) is 93.7. The third-order valence-electron chi connectivity index (χ3n) is 21.0. The zero-order valence-electron chi connectivity index (χ0n) is 66.9. The van der Waals surface area contributed by atoms with Crippen LogP contribution in [0, 0.1) is 0 Å². The molecule has 1 aliphatic carbocycles. The Kier molecular flexibility index (Phi) is 49.6. The van der Waals surface area contributed by atoms with Gasteiger partial charge in [-0.1, -0.05) is 244 Å². The van der Waals surface area contributed by atoms with Gasteiger partial charge in [-0.2, -0.15) is 0 Å². The van der Waals surface area contributed by atoms with Crippen LogP contribution in [-0.4, -0.2) is 129 Å². The predicted octanol–water partition coefficient (Wildman–Crippen LogP) is 24.0. The minimum Gasteiger partial charge on any atom is -0.496 e. The fourth-order valence-corrected chi connectivity index (χ4v) is 16.5. The number of rotatable bonds is 60. The van der Waals surface area contributed by atoms with Crippen molar-refractivity contribution < 1.29 is 76.0 Å². The van der Waals surface area contributed by atoms with Crippen LogP contribution in [0.5, 0.6) is 46.0 Å². The molecular formula is C88H132Br4O16. The molecule has 4 aromatic carbocycles. The molecular weight excluding hydrogens is 1630 g/mol. The Morgan fingerprint density at radius 3 is 0.472 bits per heavy atom. The first-order valence-corrected chi connectivity index (χ1v) is 45.2. The number of unbranched alkanes of at least 4 members (excludes halogenated alkanes) is 32. The summed E-state index contributed by atoms with van der Waals surface area (Å²) in [6, 6.07) is 15.0. The van der Waals surface area contributed by atoms with Gasteiger partial charge in [0.25, 0.3) is 0 Å². The zero-order valence-corrected chi connectivity index (χ0v) is 73.3. The van der Waals surface area contributed by atoms with E-state index in [1.54, 1.807) is 81.1 Å². The highest BCUT2D eigenvalue weighted by atomic mass is 79.9. The molecule has 108 heavy (non-hydrogen) atoms. The summed E-state index contributed by atoms with van der Waals surface area (Å²) in [7, 11) is 12.6. The fraction of sp³-hybridized carbons (Fsp3) is 0.682. The lowest BCUT2D eigenvalue weighted by atomic mass is 9.77. The summed E-state index contributed by atoms with van der Waals surface area (Å²) in [6.07, 6.45) is 38.6. The summed E-state index contributed by atoms with van der Waals surface area (Å²) in [5.74, 6) is -2.29. The van der Waals surface area contributed by atoms with Gasteiger partial charge in [-0.05, 0) is 75.6 Å². The van der Waals surface area contributed by atoms with E-state index >= 15 is 0 Å². The highest BCUT2D eigenvalue weighted by molar-refractivity contribution is 9.09. The van der Waals surface area contributed by atoms with E-state index in [0.29, 0.717) is 116 Å². The molecule has 0 aromatic heterocycles. The van der Waals surface area contributed by atoms with Crippen molar-refractivity contribution in [2.45, 2.75) is 281 Å². The van der Waals surface area contributed by atoms with Gasteiger partial charge >= 0.3 is 23.9 Å². The largest absolute Gasteiger partial charge is 0.496 e. The fourth-order valence-electron chi connectivity index (χ4n) is 14.9. The van der Waals surface area contributed by atoms with E-state index in [1.165, 1.54) is 128 Å². The Morgan fingerprint density at radius 1 is 0.213 bits per heavy atom. The Balaban J connectivity index is 1.78. The molecule has 8 bridgehead atoms. The van der Waals surface area contributed by atoms with Crippen LogP contribution in [0.1, 0.15) is 325 Å². The molecule has 0 saturated carbocycles. The van der Waals surface area contributed by atoms with Crippen molar-refractivity contribution in [1.29, 1.82) is 0 Å². The molecule has 0 heterocycles. The molecule has 0 spiro atoms. The van der Waals surface area contributed by atoms with Gasteiger partial charge in [-0.3, -0.25) is 19.2 Å². The SMILES string of the molecule is COc1cc(OC)c2cc1C(CC(=O)OCCCCCCCCCCCBr)c1cc(c(OC)cc1OC)C(CC(=O)OCCCCCCCCCCCBr)c1cc(c(OC)cc1OC)C(CC(=O)OCCCCCCCCCCCBr)c1cc(c(OC)cc1OC)C2CC(=O)OCCCCCCCCCCCBr. The highest BCUT2D eigenvalue weighted by Gasteiger charge is 2.38. The van der Waals surface area contributed by atoms with E-state index in [0.717, 1.165) is 98.4 Å². The minimum absolute atomic E-state index is 0.186. The third-order valence-corrected chi connectivity index (χ3v) is 23.2. The lowest BCUT2D eigenvalue weighted by Gasteiger charge is -2.31. The normalized spacial score (nSPS) is 14.6. The molecule has 0 radical (unpaired) electrons. The number of alkyl halides is 4. The number of fused-ring (bicyclic) bond motifs is 8. The number of esters is 4. The maximum absolute atomic E-state index is 15.0. The lowest BCUT2D eigenvalue weighted by Crippen LogP contribution is -2.19. The van der Waals surface area contributed by atoms with Crippen molar-refractivity contribution in [2.24, 2.45) is 0 Å². The maximum atomic E-state index is 15.0. The number of hydrogen-bond acceptors (Lipinski definition) is 16. The van der Waals surface area contributed by atoms with Crippen molar-refractivity contribution in [3.8, 4) is 46.0 Å². The zero-order chi connectivity index (χ0) is 77.9. The van der Waals surface area contributed by atoms with E-state index in [2.05, 4.69) is 63.7 Å². The standard InChI is InChI=1S/C88H132Br4O16/c1-97-77-61-78(98-2)70-53-69(77)65(57-85(93)105-49-41-33-25-17-9-13-21-29-37-45-89)71-54-72(80(100-4)62-79(71)99-3)67(59-87(95)107-51-43-35-27-19-11-15-23-31-39-47-91)75-56-76(84(104-8)64-83(75)103-7)68(60-88(96)108-52-44-36-28-20-12-16-24-32-40-48-92)74-55-73(81(101-5)63-82(74)102-6)66(70)58-86(94)106-50-42-34-26-18-10-14-22-30-38-46-90/h53-56,61-68H,9-52,57-60H2,1-8H3. The van der Waals surface area contributed by atoms with Crippen LogP contribution in [0.3, 0.4) is 0 Å². The number of hydrogen-bond donors (Lipinski definition) is 0. The van der Waals surface area contributed by atoms with Crippen LogP contribution in [0.25, 0.3) is 0 Å². The van der Waals surface area contributed by atoms with Crippen LogP contribution in [0.4, 0.5) is 0 Å². The van der Waals surface area contributed by atoms with E-state index < -0.39 is 47.5 Å². The van der Waals surface area contributed by atoms with Gasteiger partial charge in [0.1, 0.15) is 46.0 Å². The van der Waals surface area contributed by atoms with Crippen LogP contribution >= 0.6 is 63.7 Å². The van der Waals surface area contributed by atoms with Crippen molar-refractivity contribution in [3.63, 3.8) is 0 Å². The van der Waals surface area contributed by atoms with Crippen molar-refractivity contribution in [3.05, 3.63) is 93.0 Å². The van der Waals surface area contributed by atoms with E-state index in [4.69, 9.17) is 56.8 Å². The molecule has 0 saturated heterocycles. The van der Waals surface area contributed by atoms with E-state index in [9.17, 15) is 19.2 Å². The molecule has 4 aromatic rings. The molecule has 0 atom stereocenters. The van der Waals surface area contributed by atoms with E-state index in [1.807, 2.05) is 24.3 Å². The molecule has 0 unspecified atom stereocenters. The third kappa shape index (κ3) is 33.0. The number of carbonyl (C=O) groups is 4. The summed E-state index contributed by atoms with van der Waals surface area (Å²) < 4.78 is 76.2. The molecule has 1 aliphatic rings. The summed E-state index contributed by atoms with van der Waals surface area (Å²) in [6.45, 7) is 0.917. The van der Waals surface area contributed by atoms with E-state index in [-0.39, 0.29) is 52.1 Å². The summed E-state index contributed by atoms with van der Waals surface area (Å²) in [4.78, 5) is 60.0. The van der Waals surface area contributed by atoms with Crippen LogP contribution in [0.15, 0.2) is 48.5 Å². The van der Waals surface area contributed by atoms with Crippen LogP contribution < -0.4 is 37.9 Å². The van der Waals surface area contributed by atoms with Gasteiger partial charge in [-0.15, -0.1) is 0 Å². The summed E-state index contributed by atoms with van der Waals surface area (Å²) in [5, 5.41) is 4.14. The summed E-state index contributed by atoms with van der Waals surface area (Å²) >= 11 is 14.2. The lowest BCUT2D eigenvalue weighted by molar-refractivity contribution is -0.145. The van der Waals surface area contributed by atoms with Gasteiger partial charge in [0.2, 0.25) is 0 Å². The van der Waals surface area contributed by atoms with Gasteiger partial charge in [0.15, 0.2) is 0 Å². The molecule has 0 N–H and O–H groups in total. The maximum Gasteiger partial charge on any atom is 0.306 e. The molecule has 0 fully saturated rings. The van der Waals surface area contributed by atoms with Gasteiger partial charge in [-0.25, -0.2) is 0 Å². The number of ether oxygens (including phenoxy) is 12. The van der Waals surface area contributed by atoms with Crippen LogP contribution in [0.2, 0.25) is 0 Å². The van der Waals surface area contributed by atoms with Crippen molar-refractivity contribution in [1.82, 2.24) is 0 Å². The smallest absolute Gasteiger partial charge is 0.306 e. The molecule has 20 heteroatoms. The van der Waals surface area contributed by atoms with Gasteiger partial charge in [0.05, 0.1) is 109 Å². The Bertz CT molecular complexity index is 2660. The van der Waals surface area contributed by atoms with Crippen molar-refractivity contribution in [2.75, 3.05) is 105 Å². The topological polar surface area (TPSA) is 179 Å².